The van der Waals surface area contributed by atoms with Crippen LogP contribution in [-0.4, -0.2) is 61.8 Å². The molecule has 1 aromatic rings. The molecule has 1 saturated heterocycles. The average molecular weight is 452 g/mol. The van der Waals surface area contributed by atoms with Gasteiger partial charge in [0.05, 0.1) is 0 Å². The molecule has 160 valence electrons. The topological polar surface area (TPSA) is 147 Å². The molecule has 2 amide bonds. The molecule has 0 radical (unpaired) electrons. The first-order chi connectivity index (χ1) is 14.5. The molecule has 3 aliphatic rings. The van der Waals surface area contributed by atoms with E-state index in [1.807, 2.05) is 0 Å². The van der Waals surface area contributed by atoms with E-state index in [4.69, 9.17) is 10.6 Å². The number of aliphatic carboxylic acids is 1. The van der Waals surface area contributed by atoms with Gasteiger partial charge in [0.25, 0.3) is 11.8 Å². The Kier molecular flexibility index (Phi) is 5.95. The van der Waals surface area contributed by atoms with Gasteiger partial charge in [0.2, 0.25) is 0 Å². The number of hydrogen-bond donors (Lipinski definition) is 3. The molecule has 4 N–H and O–H groups in total. The molecule has 0 aromatic carbocycles. The highest BCUT2D eigenvalue weighted by molar-refractivity contribution is 8.00. The summed E-state index contributed by atoms with van der Waals surface area (Å²) in [6.07, 6.45) is 6.43. The zero-order chi connectivity index (χ0) is 21.3. The number of β-lactam (4-membered cyclic amide) rings is 1. The van der Waals surface area contributed by atoms with Gasteiger partial charge in [0.1, 0.15) is 28.9 Å². The van der Waals surface area contributed by atoms with E-state index in [1.165, 1.54) is 34.1 Å². The molecule has 12 heteroatoms. The van der Waals surface area contributed by atoms with Crippen LogP contribution >= 0.6 is 23.1 Å². The predicted molar refractivity (Wildman–Crippen MR) is 112 cm³/mol. The molecular formula is C18H21N5O5S2. The van der Waals surface area contributed by atoms with Gasteiger partial charge in [-0.25, -0.2) is 9.78 Å². The van der Waals surface area contributed by atoms with Crippen LogP contribution in [0.2, 0.25) is 0 Å². The largest absolute Gasteiger partial charge is 0.477 e. The van der Waals surface area contributed by atoms with Crippen LogP contribution in [0.15, 0.2) is 22.3 Å². The van der Waals surface area contributed by atoms with Crippen molar-refractivity contribution < 1.29 is 24.3 Å². The van der Waals surface area contributed by atoms with E-state index in [2.05, 4.69) is 15.5 Å². The number of thioether (sulfide) groups is 1. The molecule has 1 saturated carbocycles. The average Bonchev–Trinajstić information content (AvgIpc) is 3.18. The molecule has 3 heterocycles. The number of carbonyl (C=O) groups excluding carboxylic acids is 2. The second-order valence-corrected chi connectivity index (χ2v) is 9.19. The highest BCUT2D eigenvalue weighted by Crippen LogP contribution is 2.37. The summed E-state index contributed by atoms with van der Waals surface area (Å²) in [6.45, 7) is 0. The molecule has 1 unspecified atom stereocenters. The maximum atomic E-state index is 13.0. The molecule has 1 aliphatic carbocycles. The summed E-state index contributed by atoms with van der Waals surface area (Å²) in [5, 5.41) is 17.4. The van der Waals surface area contributed by atoms with E-state index < -0.39 is 29.2 Å². The van der Waals surface area contributed by atoms with Crippen molar-refractivity contribution in [3.05, 3.63) is 22.8 Å². The number of thiazole rings is 1. The summed E-state index contributed by atoms with van der Waals surface area (Å²) in [5.74, 6) is -1.81. The minimum absolute atomic E-state index is 0.0467. The number of hydrogen-bond acceptors (Lipinski definition) is 9. The van der Waals surface area contributed by atoms with Crippen LogP contribution in [0.1, 0.15) is 37.8 Å². The fraction of sp³-hybridized carbons (Fsp3) is 0.500. The molecule has 10 nitrogen and oxygen atoms in total. The lowest BCUT2D eigenvalue weighted by molar-refractivity contribution is -0.150. The second kappa shape index (κ2) is 8.64. The summed E-state index contributed by atoms with van der Waals surface area (Å²) >= 11 is 2.55. The van der Waals surface area contributed by atoms with Crippen LogP contribution < -0.4 is 11.1 Å². The number of nitrogen functional groups attached to an aromatic ring is 1. The van der Waals surface area contributed by atoms with Crippen LogP contribution in [0, 0.1) is 0 Å². The van der Waals surface area contributed by atoms with Crippen molar-refractivity contribution >= 4 is 51.7 Å². The lowest BCUT2D eigenvalue weighted by atomic mass is 9.98. The van der Waals surface area contributed by atoms with Gasteiger partial charge < -0.3 is 21.0 Å². The number of rotatable bonds is 6. The number of nitrogens with two attached hydrogens (primary N) is 1. The molecule has 4 rings (SSSR count). The number of carboxylic acid groups (broad SMARTS) is 1. The number of nitrogens with zero attached hydrogens (tertiary/aromatic N) is 3. The summed E-state index contributed by atoms with van der Waals surface area (Å²) < 4.78 is 0. The van der Waals surface area contributed by atoms with Crippen LogP contribution in [0.4, 0.5) is 5.13 Å². The fourth-order valence-electron chi connectivity index (χ4n) is 3.65. The number of carbonyl (C=O) groups is 3. The Hall–Kier alpha value is -2.60. The predicted octanol–water partition coefficient (Wildman–Crippen LogP) is 1.15. The molecule has 0 spiro atoms. The lowest BCUT2D eigenvalue weighted by Crippen LogP contribution is -2.70. The minimum Gasteiger partial charge on any atom is -0.477 e. The van der Waals surface area contributed by atoms with E-state index in [1.54, 1.807) is 5.38 Å². The SMILES string of the molecule is Nc1nc(C(=NOC2CCCCC2)C(=O)NC2C(=O)N3C(C(=O)O)=CCS[C@@H]23)cs1. The lowest BCUT2D eigenvalue weighted by Gasteiger charge is -2.48. The van der Waals surface area contributed by atoms with E-state index in [0.29, 0.717) is 5.75 Å². The van der Waals surface area contributed by atoms with Gasteiger partial charge in [-0.3, -0.25) is 14.5 Å². The van der Waals surface area contributed by atoms with Crippen molar-refractivity contribution in [2.24, 2.45) is 5.16 Å². The maximum Gasteiger partial charge on any atom is 0.352 e. The first-order valence-electron chi connectivity index (χ1n) is 9.60. The minimum atomic E-state index is -1.17. The van der Waals surface area contributed by atoms with E-state index in [9.17, 15) is 19.5 Å². The van der Waals surface area contributed by atoms with Crippen molar-refractivity contribution in [3.63, 3.8) is 0 Å². The quantitative estimate of drug-likeness (QED) is 0.331. The van der Waals surface area contributed by atoms with Crippen LogP contribution in [0.5, 0.6) is 0 Å². The van der Waals surface area contributed by atoms with Crippen molar-refractivity contribution in [2.75, 3.05) is 11.5 Å². The van der Waals surface area contributed by atoms with Gasteiger partial charge in [-0.15, -0.1) is 23.1 Å². The van der Waals surface area contributed by atoms with Crippen LogP contribution in [0.25, 0.3) is 0 Å². The second-order valence-electron chi connectivity index (χ2n) is 7.15. The molecule has 2 fully saturated rings. The van der Waals surface area contributed by atoms with E-state index in [-0.39, 0.29) is 28.3 Å². The fourth-order valence-corrected chi connectivity index (χ4v) is 5.39. The smallest absolute Gasteiger partial charge is 0.352 e. The third kappa shape index (κ3) is 4.01. The Bertz CT molecular complexity index is 924. The summed E-state index contributed by atoms with van der Waals surface area (Å²) in [5.41, 5.74) is 5.87. The number of carboxylic acids is 1. The zero-order valence-electron chi connectivity index (χ0n) is 15.9. The van der Waals surface area contributed by atoms with Crippen molar-refractivity contribution in [1.29, 1.82) is 0 Å². The van der Waals surface area contributed by atoms with Gasteiger partial charge in [0, 0.05) is 11.1 Å². The summed E-state index contributed by atoms with van der Waals surface area (Å²) in [7, 11) is 0. The first kappa shape index (κ1) is 20.7. The number of amides is 2. The summed E-state index contributed by atoms with van der Waals surface area (Å²) in [6, 6.07) is -0.846. The van der Waals surface area contributed by atoms with Gasteiger partial charge in [-0.05, 0) is 31.8 Å². The third-order valence-corrected chi connectivity index (χ3v) is 7.03. The molecule has 2 aliphatic heterocycles. The number of oxime groups is 1. The number of nitrogens with one attached hydrogen (secondary N) is 1. The molecular weight excluding hydrogens is 430 g/mol. The first-order valence-corrected chi connectivity index (χ1v) is 11.5. The number of aromatic nitrogens is 1. The number of fused-ring (bicyclic) bond motifs is 1. The highest BCUT2D eigenvalue weighted by Gasteiger charge is 2.53. The van der Waals surface area contributed by atoms with Gasteiger partial charge in [0.15, 0.2) is 10.8 Å². The highest BCUT2D eigenvalue weighted by atomic mass is 32.2. The monoisotopic (exact) mass is 451 g/mol. The third-order valence-electron chi connectivity index (χ3n) is 5.18. The van der Waals surface area contributed by atoms with E-state index in [0.717, 1.165) is 32.1 Å². The number of anilines is 1. The Morgan fingerprint density at radius 1 is 1.33 bits per heavy atom. The molecule has 30 heavy (non-hydrogen) atoms. The van der Waals surface area contributed by atoms with E-state index >= 15 is 0 Å². The Labute approximate surface area is 180 Å². The van der Waals surface area contributed by atoms with Crippen LogP contribution in [0.3, 0.4) is 0 Å². The van der Waals surface area contributed by atoms with Gasteiger partial charge >= 0.3 is 5.97 Å². The van der Waals surface area contributed by atoms with Gasteiger partial charge in [-0.1, -0.05) is 11.6 Å². The van der Waals surface area contributed by atoms with Crippen molar-refractivity contribution in [3.8, 4) is 0 Å². The Morgan fingerprint density at radius 2 is 2.10 bits per heavy atom. The van der Waals surface area contributed by atoms with Crippen molar-refractivity contribution in [2.45, 2.75) is 49.6 Å². The van der Waals surface area contributed by atoms with Gasteiger partial charge in [-0.2, -0.15) is 0 Å². The maximum absolute atomic E-state index is 13.0. The zero-order valence-corrected chi connectivity index (χ0v) is 17.6. The normalized spacial score (nSPS) is 24.5. The Morgan fingerprint density at radius 3 is 2.77 bits per heavy atom. The molecule has 1 aromatic heterocycles. The van der Waals surface area contributed by atoms with Crippen molar-refractivity contribution in [1.82, 2.24) is 15.2 Å². The summed E-state index contributed by atoms with van der Waals surface area (Å²) in [4.78, 5) is 47.7. The van der Waals surface area contributed by atoms with Crippen LogP contribution in [-0.2, 0) is 19.2 Å². The molecule has 2 atom stereocenters. The standard InChI is InChI=1S/C18H21N5O5S2/c19-18-20-10(8-30-18)12(22-28-9-4-2-1-3-5-9)14(24)21-13-15(25)23-11(17(26)27)6-7-29-16(13)23/h6,8-9,13,16H,1-5,7H2,(H2,19,20)(H,21,24)(H,26,27)/t13?,16-/m0/s1. The molecule has 0 bridgehead atoms. The Balaban J connectivity index is 1.49.